The van der Waals surface area contributed by atoms with Gasteiger partial charge in [-0.15, -0.1) is 11.8 Å². The Bertz CT molecular complexity index is 358. The summed E-state index contributed by atoms with van der Waals surface area (Å²) >= 11 is 0. The van der Waals surface area contributed by atoms with E-state index in [0.717, 1.165) is 18.8 Å². The fourth-order valence-electron chi connectivity index (χ4n) is 4.29. The molecule has 0 rings (SSSR count). The molecule has 0 nitrogen and oxygen atoms in total. The lowest BCUT2D eigenvalue weighted by Gasteiger charge is -2.07. The van der Waals surface area contributed by atoms with E-state index in [4.69, 9.17) is 0 Å². The third kappa shape index (κ3) is 25.6. The zero-order chi connectivity index (χ0) is 22.0. The quantitative estimate of drug-likeness (QED) is 0.114. The summed E-state index contributed by atoms with van der Waals surface area (Å²) in [5.41, 5.74) is 0. The van der Waals surface area contributed by atoms with Crippen LogP contribution < -0.4 is 0 Å². The van der Waals surface area contributed by atoms with Gasteiger partial charge in [0.05, 0.1) is 0 Å². The third-order valence-electron chi connectivity index (χ3n) is 6.53. The molecule has 0 aromatic heterocycles. The van der Waals surface area contributed by atoms with Crippen molar-refractivity contribution in [1.29, 1.82) is 0 Å². The molecular weight excluding hydrogens is 360 g/mol. The predicted molar refractivity (Wildman–Crippen MR) is 139 cm³/mol. The fourth-order valence-corrected chi connectivity index (χ4v) is 4.29. The van der Waals surface area contributed by atoms with Crippen molar-refractivity contribution in [2.75, 3.05) is 0 Å². The Balaban J connectivity index is 3.24. The molecule has 0 saturated heterocycles. The lowest BCUT2D eigenvalue weighted by molar-refractivity contribution is 0.487. The van der Waals surface area contributed by atoms with Crippen LogP contribution in [0, 0.1) is 17.8 Å². The Morgan fingerprint density at radius 1 is 0.433 bits per heavy atom. The van der Waals surface area contributed by atoms with Crippen molar-refractivity contribution in [2.45, 2.75) is 175 Å². The Kier molecular flexibility index (Phi) is 26.2. The minimum Gasteiger partial charge on any atom is -0.103 e. The summed E-state index contributed by atoms with van der Waals surface area (Å²) in [6.45, 7) is 6.99. The molecule has 0 amide bonds. The van der Waals surface area contributed by atoms with Crippen molar-refractivity contribution in [3.63, 3.8) is 0 Å². The molecule has 0 spiro atoms. The molecule has 0 aliphatic heterocycles. The standard InChI is InChI=1S/C30H58/c1-4-6-8-10-12-14-15-16-17-18-19-21-23-25-27-29-30(3)28-26-24-22-20-13-11-9-7-5-2/h30H,4-24,26,28-29H2,1-3H3. The second kappa shape index (κ2) is 26.6. The van der Waals surface area contributed by atoms with E-state index >= 15 is 0 Å². The first-order valence-electron chi connectivity index (χ1n) is 14.3. The number of hydrogen-bond acceptors (Lipinski definition) is 0. The van der Waals surface area contributed by atoms with Crippen molar-refractivity contribution >= 4 is 0 Å². The molecule has 178 valence electrons. The monoisotopic (exact) mass is 418 g/mol. The van der Waals surface area contributed by atoms with Crippen molar-refractivity contribution < 1.29 is 0 Å². The molecule has 0 aliphatic carbocycles. The highest BCUT2D eigenvalue weighted by atomic mass is 14.1. The molecule has 30 heavy (non-hydrogen) atoms. The van der Waals surface area contributed by atoms with E-state index in [0.29, 0.717) is 0 Å². The highest BCUT2D eigenvalue weighted by molar-refractivity contribution is 4.99. The summed E-state index contributed by atoms with van der Waals surface area (Å²) in [5, 5.41) is 0. The van der Waals surface area contributed by atoms with Gasteiger partial charge in [-0.25, -0.2) is 0 Å². The van der Waals surface area contributed by atoms with E-state index < -0.39 is 0 Å². The Morgan fingerprint density at radius 2 is 0.800 bits per heavy atom. The molecule has 1 unspecified atom stereocenters. The van der Waals surface area contributed by atoms with Crippen molar-refractivity contribution in [3.8, 4) is 11.8 Å². The SMILES string of the molecule is CCCCCCCCCCCCCCC#CCC(C)CCCCCCCCCCC. The molecule has 0 bridgehead atoms. The molecule has 1 atom stereocenters. The van der Waals surface area contributed by atoms with Gasteiger partial charge in [0.25, 0.3) is 0 Å². The van der Waals surface area contributed by atoms with E-state index in [9.17, 15) is 0 Å². The van der Waals surface area contributed by atoms with Gasteiger partial charge in [-0.05, 0) is 18.8 Å². The first kappa shape index (κ1) is 29.6. The molecule has 0 saturated carbocycles. The van der Waals surface area contributed by atoms with Crippen LogP contribution in [-0.4, -0.2) is 0 Å². The minimum absolute atomic E-state index is 0.795. The van der Waals surface area contributed by atoms with E-state index in [-0.39, 0.29) is 0 Å². The van der Waals surface area contributed by atoms with E-state index in [2.05, 4.69) is 32.6 Å². The molecule has 0 heterocycles. The second-order valence-corrected chi connectivity index (χ2v) is 9.92. The van der Waals surface area contributed by atoms with Crippen LogP contribution in [0.15, 0.2) is 0 Å². The summed E-state index contributed by atoms with van der Waals surface area (Å²) in [4.78, 5) is 0. The van der Waals surface area contributed by atoms with Crippen LogP contribution >= 0.6 is 0 Å². The molecule has 0 radical (unpaired) electrons. The van der Waals surface area contributed by atoms with Crippen molar-refractivity contribution in [2.24, 2.45) is 5.92 Å². The van der Waals surface area contributed by atoms with E-state index in [1.807, 2.05) is 0 Å². The number of hydrogen-bond donors (Lipinski definition) is 0. The zero-order valence-electron chi connectivity index (χ0n) is 21.5. The summed E-state index contributed by atoms with van der Waals surface area (Å²) in [5.74, 6) is 7.69. The summed E-state index contributed by atoms with van der Waals surface area (Å²) < 4.78 is 0. The van der Waals surface area contributed by atoms with Crippen molar-refractivity contribution in [1.82, 2.24) is 0 Å². The molecule has 0 heteroatoms. The summed E-state index contributed by atoms with van der Waals surface area (Å²) in [6, 6.07) is 0. The molecule has 0 aromatic rings. The van der Waals surface area contributed by atoms with Gasteiger partial charge in [-0.3, -0.25) is 0 Å². The van der Waals surface area contributed by atoms with Crippen LogP contribution in [0.1, 0.15) is 175 Å². The van der Waals surface area contributed by atoms with Crippen LogP contribution in [0.4, 0.5) is 0 Å². The second-order valence-electron chi connectivity index (χ2n) is 9.92. The summed E-state index contributed by atoms with van der Waals surface area (Å²) in [6.07, 6.45) is 33.7. The molecular formula is C30H58. The Hall–Kier alpha value is -0.440. The molecule has 0 fully saturated rings. The van der Waals surface area contributed by atoms with Crippen LogP contribution in [-0.2, 0) is 0 Å². The van der Waals surface area contributed by atoms with Gasteiger partial charge in [0.2, 0.25) is 0 Å². The normalized spacial score (nSPS) is 12.0. The first-order valence-corrected chi connectivity index (χ1v) is 14.3. The van der Waals surface area contributed by atoms with E-state index in [1.165, 1.54) is 141 Å². The average Bonchev–Trinajstić information content (AvgIpc) is 2.75. The molecule has 0 aromatic carbocycles. The van der Waals surface area contributed by atoms with E-state index in [1.54, 1.807) is 0 Å². The van der Waals surface area contributed by atoms with Gasteiger partial charge in [0.1, 0.15) is 0 Å². The fraction of sp³-hybridized carbons (Fsp3) is 0.933. The maximum absolute atomic E-state index is 3.46. The highest BCUT2D eigenvalue weighted by Crippen LogP contribution is 2.15. The smallest absolute Gasteiger partial charge is 0.0114 e. The summed E-state index contributed by atoms with van der Waals surface area (Å²) in [7, 11) is 0. The van der Waals surface area contributed by atoms with Crippen LogP contribution in [0.3, 0.4) is 0 Å². The number of unbranched alkanes of at least 4 members (excludes halogenated alkanes) is 20. The van der Waals surface area contributed by atoms with Gasteiger partial charge in [-0.2, -0.15) is 0 Å². The van der Waals surface area contributed by atoms with Crippen LogP contribution in [0.25, 0.3) is 0 Å². The van der Waals surface area contributed by atoms with Gasteiger partial charge in [-0.1, -0.05) is 149 Å². The van der Waals surface area contributed by atoms with Gasteiger partial charge in [0.15, 0.2) is 0 Å². The average molecular weight is 419 g/mol. The van der Waals surface area contributed by atoms with Crippen molar-refractivity contribution in [3.05, 3.63) is 0 Å². The first-order chi connectivity index (χ1) is 14.8. The lowest BCUT2D eigenvalue weighted by atomic mass is 9.99. The topological polar surface area (TPSA) is 0 Å². The third-order valence-corrected chi connectivity index (χ3v) is 6.53. The van der Waals surface area contributed by atoms with Crippen LogP contribution in [0.2, 0.25) is 0 Å². The Morgan fingerprint density at radius 3 is 1.23 bits per heavy atom. The zero-order valence-corrected chi connectivity index (χ0v) is 21.5. The van der Waals surface area contributed by atoms with Gasteiger partial charge >= 0.3 is 0 Å². The maximum Gasteiger partial charge on any atom is 0.0114 e. The predicted octanol–water partition coefficient (Wildman–Crippen LogP) is 11.0. The largest absolute Gasteiger partial charge is 0.103 e. The van der Waals surface area contributed by atoms with Gasteiger partial charge < -0.3 is 0 Å². The van der Waals surface area contributed by atoms with Crippen LogP contribution in [0.5, 0.6) is 0 Å². The number of rotatable bonds is 23. The molecule has 0 N–H and O–H groups in total. The highest BCUT2D eigenvalue weighted by Gasteiger charge is 2.00. The lowest BCUT2D eigenvalue weighted by Crippen LogP contribution is -1.93. The maximum atomic E-state index is 3.46. The van der Waals surface area contributed by atoms with Gasteiger partial charge in [0, 0.05) is 12.8 Å². The Labute approximate surface area is 192 Å². The minimum atomic E-state index is 0.795. The molecule has 0 aliphatic rings.